The van der Waals surface area contributed by atoms with Crippen LogP contribution in [0.5, 0.6) is 0 Å². The van der Waals surface area contributed by atoms with E-state index in [1.807, 2.05) is 0 Å². The van der Waals surface area contributed by atoms with Crippen LogP contribution in [0.4, 0.5) is 0 Å². The number of primary amides is 1. The number of hydrogen-bond donors (Lipinski definition) is 2. The first-order valence-corrected chi connectivity index (χ1v) is 5.54. The first-order valence-electron chi connectivity index (χ1n) is 5.54. The van der Waals surface area contributed by atoms with Crippen molar-refractivity contribution in [1.29, 1.82) is 0 Å². The second kappa shape index (κ2) is 4.30. The molecule has 2 atom stereocenters. The maximum absolute atomic E-state index is 11.5. The normalized spacial score (nSPS) is 32.4. The lowest BCUT2D eigenvalue weighted by Gasteiger charge is -2.32. The second-order valence-electron chi connectivity index (χ2n) is 4.90. The molecule has 0 aromatic rings. The number of hydrogen-bond acceptors (Lipinski definition) is 2. The quantitative estimate of drug-likeness (QED) is 0.715. The largest absolute Gasteiger partial charge is 0.368 e. The van der Waals surface area contributed by atoms with E-state index in [0.717, 1.165) is 25.8 Å². The minimum atomic E-state index is -0.426. The molecular formula is C11H22N2O. The molecule has 3 nitrogen and oxygen atoms in total. The number of nitrogens with one attached hydrogen (secondary N) is 1. The van der Waals surface area contributed by atoms with Gasteiger partial charge in [-0.2, -0.15) is 0 Å². The minimum absolute atomic E-state index is 0.178. The Morgan fingerprint density at radius 3 is 2.64 bits per heavy atom. The van der Waals surface area contributed by atoms with Gasteiger partial charge in [0.05, 0.1) is 0 Å². The van der Waals surface area contributed by atoms with Crippen LogP contribution >= 0.6 is 0 Å². The monoisotopic (exact) mass is 198 g/mol. The van der Waals surface area contributed by atoms with E-state index in [9.17, 15) is 4.79 Å². The SMILES string of the molecule is CC(C)CNC1(C(N)=O)CCCC1C. The first kappa shape index (κ1) is 11.5. The summed E-state index contributed by atoms with van der Waals surface area (Å²) in [7, 11) is 0. The Kier molecular flexibility index (Phi) is 3.53. The van der Waals surface area contributed by atoms with Gasteiger partial charge in [-0.1, -0.05) is 27.2 Å². The molecule has 82 valence electrons. The third-order valence-corrected chi connectivity index (χ3v) is 3.31. The van der Waals surface area contributed by atoms with Gasteiger partial charge in [0.15, 0.2) is 0 Å². The maximum atomic E-state index is 11.5. The highest BCUT2D eigenvalue weighted by atomic mass is 16.1. The molecule has 1 fully saturated rings. The Bertz CT molecular complexity index is 215. The fourth-order valence-electron chi connectivity index (χ4n) is 2.28. The van der Waals surface area contributed by atoms with Gasteiger partial charge in [-0.3, -0.25) is 4.79 Å². The van der Waals surface area contributed by atoms with Crippen LogP contribution < -0.4 is 11.1 Å². The van der Waals surface area contributed by atoms with E-state index in [4.69, 9.17) is 5.73 Å². The zero-order valence-electron chi connectivity index (χ0n) is 9.47. The van der Waals surface area contributed by atoms with Gasteiger partial charge >= 0.3 is 0 Å². The number of rotatable bonds is 4. The number of amides is 1. The van der Waals surface area contributed by atoms with Crippen molar-refractivity contribution in [3.63, 3.8) is 0 Å². The van der Waals surface area contributed by atoms with E-state index in [1.165, 1.54) is 0 Å². The molecule has 3 heteroatoms. The lowest BCUT2D eigenvalue weighted by atomic mass is 9.87. The van der Waals surface area contributed by atoms with Gasteiger partial charge in [0.1, 0.15) is 5.54 Å². The van der Waals surface area contributed by atoms with Crippen molar-refractivity contribution in [2.75, 3.05) is 6.54 Å². The molecule has 0 heterocycles. The molecule has 1 aliphatic carbocycles. The van der Waals surface area contributed by atoms with Crippen molar-refractivity contribution < 1.29 is 4.79 Å². The van der Waals surface area contributed by atoms with Crippen LogP contribution in [-0.2, 0) is 4.79 Å². The summed E-state index contributed by atoms with van der Waals surface area (Å²) in [6, 6.07) is 0. The molecule has 0 aromatic heterocycles. The molecule has 1 aliphatic rings. The maximum Gasteiger partial charge on any atom is 0.238 e. The second-order valence-corrected chi connectivity index (χ2v) is 4.90. The van der Waals surface area contributed by atoms with Crippen molar-refractivity contribution in [3.05, 3.63) is 0 Å². The lowest BCUT2D eigenvalue weighted by Crippen LogP contribution is -2.58. The van der Waals surface area contributed by atoms with Crippen LogP contribution in [0.15, 0.2) is 0 Å². The van der Waals surface area contributed by atoms with Crippen molar-refractivity contribution in [2.24, 2.45) is 17.6 Å². The summed E-state index contributed by atoms with van der Waals surface area (Å²) in [4.78, 5) is 11.5. The van der Waals surface area contributed by atoms with Crippen molar-refractivity contribution in [3.8, 4) is 0 Å². The molecule has 0 radical (unpaired) electrons. The Labute approximate surface area is 86.4 Å². The van der Waals surface area contributed by atoms with Crippen LogP contribution in [0.3, 0.4) is 0 Å². The molecular weight excluding hydrogens is 176 g/mol. The minimum Gasteiger partial charge on any atom is -0.368 e. The van der Waals surface area contributed by atoms with Crippen LogP contribution in [0.2, 0.25) is 0 Å². The molecule has 1 saturated carbocycles. The summed E-state index contributed by atoms with van der Waals surface area (Å²) in [5.41, 5.74) is 5.08. The molecule has 0 saturated heterocycles. The summed E-state index contributed by atoms with van der Waals surface area (Å²) >= 11 is 0. The first-order chi connectivity index (χ1) is 6.49. The van der Waals surface area contributed by atoms with E-state index in [1.54, 1.807) is 0 Å². The average Bonchev–Trinajstić information content (AvgIpc) is 2.44. The number of nitrogens with two attached hydrogens (primary N) is 1. The van der Waals surface area contributed by atoms with E-state index < -0.39 is 5.54 Å². The molecule has 1 rings (SSSR count). The third kappa shape index (κ3) is 2.08. The Balaban J connectivity index is 2.67. The van der Waals surface area contributed by atoms with Crippen LogP contribution in [0, 0.1) is 11.8 Å². The smallest absolute Gasteiger partial charge is 0.238 e. The van der Waals surface area contributed by atoms with Gasteiger partial charge in [0, 0.05) is 0 Å². The number of carbonyl (C=O) groups excluding carboxylic acids is 1. The van der Waals surface area contributed by atoms with Crippen LogP contribution in [-0.4, -0.2) is 18.0 Å². The predicted molar refractivity (Wildman–Crippen MR) is 57.8 cm³/mol. The highest BCUT2D eigenvalue weighted by molar-refractivity contribution is 5.85. The van der Waals surface area contributed by atoms with Crippen molar-refractivity contribution in [1.82, 2.24) is 5.32 Å². The highest BCUT2D eigenvalue weighted by Gasteiger charge is 2.44. The standard InChI is InChI=1S/C11H22N2O/c1-8(2)7-13-11(10(12)14)6-4-5-9(11)3/h8-9,13H,4-7H2,1-3H3,(H2,12,14). The summed E-state index contributed by atoms with van der Waals surface area (Å²) < 4.78 is 0. The van der Waals surface area contributed by atoms with Gasteiger partial charge in [-0.05, 0) is 31.2 Å². The summed E-state index contributed by atoms with van der Waals surface area (Å²) in [5, 5.41) is 3.37. The van der Waals surface area contributed by atoms with Gasteiger partial charge in [0.2, 0.25) is 5.91 Å². The fourth-order valence-corrected chi connectivity index (χ4v) is 2.28. The van der Waals surface area contributed by atoms with Gasteiger partial charge in [0.25, 0.3) is 0 Å². The highest BCUT2D eigenvalue weighted by Crippen LogP contribution is 2.35. The molecule has 0 aliphatic heterocycles. The van der Waals surface area contributed by atoms with Crippen LogP contribution in [0.25, 0.3) is 0 Å². The number of carbonyl (C=O) groups is 1. The van der Waals surface area contributed by atoms with Crippen molar-refractivity contribution in [2.45, 2.75) is 45.6 Å². The van der Waals surface area contributed by atoms with E-state index in [0.29, 0.717) is 11.8 Å². The Morgan fingerprint density at radius 1 is 1.64 bits per heavy atom. The Hall–Kier alpha value is -0.570. The van der Waals surface area contributed by atoms with E-state index in [-0.39, 0.29) is 5.91 Å². The van der Waals surface area contributed by atoms with Gasteiger partial charge < -0.3 is 11.1 Å². The van der Waals surface area contributed by atoms with Crippen LogP contribution in [0.1, 0.15) is 40.0 Å². The summed E-state index contributed by atoms with van der Waals surface area (Å²) in [6.45, 7) is 7.26. The summed E-state index contributed by atoms with van der Waals surface area (Å²) in [5.74, 6) is 0.751. The zero-order chi connectivity index (χ0) is 10.8. The van der Waals surface area contributed by atoms with E-state index in [2.05, 4.69) is 26.1 Å². The molecule has 0 spiro atoms. The topological polar surface area (TPSA) is 55.1 Å². The molecule has 2 unspecified atom stereocenters. The van der Waals surface area contributed by atoms with Gasteiger partial charge in [-0.15, -0.1) is 0 Å². The molecule has 1 amide bonds. The Morgan fingerprint density at radius 2 is 2.29 bits per heavy atom. The zero-order valence-corrected chi connectivity index (χ0v) is 9.47. The third-order valence-electron chi connectivity index (χ3n) is 3.31. The average molecular weight is 198 g/mol. The molecule has 3 N–H and O–H groups in total. The molecule has 0 aromatic carbocycles. The molecule has 14 heavy (non-hydrogen) atoms. The van der Waals surface area contributed by atoms with E-state index >= 15 is 0 Å². The summed E-state index contributed by atoms with van der Waals surface area (Å²) in [6.07, 6.45) is 3.11. The fraction of sp³-hybridized carbons (Fsp3) is 0.909. The van der Waals surface area contributed by atoms with Gasteiger partial charge in [-0.25, -0.2) is 0 Å². The molecule has 0 bridgehead atoms. The predicted octanol–water partition coefficient (Wildman–Crippen LogP) is 1.28. The lowest BCUT2D eigenvalue weighted by molar-refractivity contribution is -0.125. The van der Waals surface area contributed by atoms with Crippen molar-refractivity contribution >= 4 is 5.91 Å².